The van der Waals surface area contributed by atoms with Crippen LogP contribution in [0.25, 0.3) is 5.57 Å². The van der Waals surface area contributed by atoms with Crippen molar-refractivity contribution in [1.29, 1.82) is 0 Å². The second-order valence-electron chi connectivity index (χ2n) is 8.01. The zero-order chi connectivity index (χ0) is 18.5. The van der Waals surface area contributed by atoms with E-state index in [1.807, 2.05) is 0 Å². The van der Waals surface area contributed by atoms with Crippen molar-refractivity contribution in [3.05, 3.63) is 35.4 Å². The lowest BCUT2D eigenvalue weighted by Crippen LogP contribution is -2.23. The van der Waals surface area contributed by atoms with Crippen LogP contribution < -0.4 is 4.74 Å². The maximum absolute atomic E-state index is 14.4. The molecule has 3 rings (SSSR count). The molecule has 0 radical (unpaired) electrons. The lowest BCUT2D eigenvalue weighted by atomic mass is 9.70. The highest BCUT2D eigenvalue weighted by molar-refractivity contribution is 5.67. The van der Waals surface area contributed by atoms with Gasteiger partial charge in [0, 0.05) is 5.56 Å². The van der Waals surface area contributed by atoms with Crippen LogP contribution in [0, 0.1) is 29.4 Å². The fourth-order valence-corrected chi connectivity index (χ4v) is 4.93. The first-order valence-corrected chi connectivity index (χ1v) is 10.4. The molecule has 0 heterocycles. The molecule has 1 aromatic carbocycles. The summed E-state index contributed by atoms with van der Waals surface area (Å²) in [7, 11) is 0. The molecule has 2 aliphatic carbocycles. The Balaban J connectivity index is 1.62. The van der Waals surface area contributed by atoms with Crippen molar-refractivity contribution in [3.63, 3.8) is 0 Å². The smallest absolute Gasteiger partial charge is 0.201 e. The van der Waals surface area contributed by atoms with E-state index in [1.54, 1.807) is 19.1 Å². The van der Waals surface area contributed by atoms with E-state index < -0.39 is 11.6 Å². The van der Waals surface area contributed by atoms with Gasteiger partial charge in [-0.2, -0.15) is 4.39 Å². The third-order valence-corrected chi connectivity index (χ3v) is 6.40. The summed E-state index contributed by atoms with van der Waals surface area (Å²) >= 11 is 0. The van der Waals surface area contributed by atoms with E-state index >= 15 is 0 Å². The fourth-order valence-electron chi connectivity index (χ4n) is 4.93. The molecule has 0 aromatic heterocycles. The van der Waals surface area contributed by atoms with Gasteiger partial charge in [-0.3, -0.25) is 0 Å². The number of allylic oxidation sites excluding steroid dienone is 2. The van der Waals surface area contributed by atoms with E-state index in [2.05, 4.69) is 13.0 Å². The summed E-state index contributed by atoms with van der Waals surface area (Å²) in [5.74, 6) is 0.862. The molecule has 0 amide bonds. The van der Waals surface area contributed by atoms with Gasteiger partial charge in [-0.25, -0.2) is 4.39 Å². The van der Waals surface area contributed by atoms with Crippen LogP contribution in [0.3, 0.4) is 0 Å². The minimum atomic E-state index is -0.860. The van der Waals surface area contributed by atoms with Gasteiger partial charge >= 0.3 is 0 Å². The summed E-state index contributed by atoms with van der Waals surface area (Å²) in [6.45, 7) is 4.38. The van der Waals surface area contributed by atoms with E-state index in [9.17, 15) is 8.78 Å². The molecule has 1 fully saturated rings. The Kier molecular flexibility index (Phi) is 6.72. The molecule has 0 spiro atoms. The number of ether oxygens (including phenoxy) is 1. The monoisotopic (exact) mass is 362 g/mol. The van der Waals surface area contributed by atoms with Gasteiger partial charge in [-0.1, -0.05) is 38.7 Å². The molecule has 1 saturated carbocycles. The molecule has 1 nitrogen and oxygen atoms in total. The van der Waals surface area contributed by atoms with Gasteiger partial charge in [0.1, 0.15) is 0 Å². The summed E-state index contributed by atoms with van der Waals surface area (Å²) in [5, 5.41) is 0. The van der Waals surface area contributed by atoms with E-state index in [-0.39, 0.29) is 5.75 Å². The van der Waals surface area contributed by atoms with Crippen molar-refractivity contribution >= 4 is 5.57 Å². The second-order valence-corrected chi connectivity index (χ2v) is 8.01. The number of benzene rings is 1. The molecule has 0 aliphatic heterocycles. The third kappa shape index (κ3) is 4.29. The predicted octanol–water partition coefficient (Wildman–Crippen LogP) is 7.15. The zero-order valence-electron chi connectivity index (χ0n) is 16.2. The van der Waals surface area contributed by atoms with Crippen LogP contribution >= 0.6 is 0 Å². The third-order valence-electron chi connectivity index (χ3n) is 6.40. The van der Waals surface area contributed by atoms with Gasteiger partial charge < -0.3 is 4.74 Å². The molecular formula is C23H32F2O. The van der Waals surface area contributed by atoms with Crippen molar-refractivity contribution in [2.45, 2.75) is 71.6 Å². The lowest BCUT2D eigenvalue weighted by molar-refractivity contribution is 0.189. The Morgan fingerprint density at radius 1 is 0.962 bits per heavy atom. The first-order chi connectivity index (χ1) is 12.6. The van der Waals surface area contributed by atoms with Crippen LogP contribution in [0.2, 0.25) is 0 Å². The molecule has 144 valence electrons. The molecule has 1 aromatic rings. The SMILES string of the molecule is CCC[C@H]1CC[C@H](C2CC=C(c3ccc(OCC)c(F)c3F)CC2)CC1. The Bertz CT molecular complexity index is 629. The highest BCUT2D eigenvalue weighted by Crippen LogP contribution is 2.42. The largest absolute Gasteiger partial charge is 0.491 e. The number of rotatable bonds is 6. The number of halogens is 2. The van der Waals surface area contributed by atoms with Crippen LogP contribution in [0.15, 0.2) is 18.2 Å². The maximum Gasteiger partial charge on any atom is 0.201 e. The van der Waals surface area contributed by atoms with Crippen molar-refractivity contribution in [1.82, 2.24) is 0 Å². The molecule has 0 N–H and O–H groups in total. The zero-order valence-corrected chi connectivity index (χ0v) is 16.2. The number of hydrogen-bond donors (Lipinski definition) is 0. The highest BCUT2D eigenvalue weighted by atomic mass is 19.2. The van der Waals surface area contributed by atoms with Crippen LogP contribution in [0.1, 0.15) is 77.2 Å². The Morgan fingerprint density at radius 3 is 2.35 bits per heavy atom. The predicted molar refractivity (Wildman–Crippen MR) is 103 cm³/mol. The lowest BCUT2D eigenvalue weighted by Gasteiger charge is -2.35. The highest BCUT2D eigenvalue weighted by Gasteiger charge is 2.29. The van der Waals surface area contributed by atoms with Gasteiger partial charge in [0.05, 0.1) is 6.61 Å². The summed E-state index contributed by atoms with van der Waals surface area (Å²) in [6.07, 6.45) is 13.3. The normalized spacial score (nSPS) is 26.5. The van der Waals surface area contributed by atoms with Gasteiger partial charge in [0.2, 0.25) is 5.82 Å². The first kappa shape index (κ1) is 19.4. The van der Waals surface area contributed by atoms with Gasteiger partial charge in [0.25, 0.3) is 0 Å². The van der Waals surface area contributed by atoms with Crippen LogP contribution in [-0.4, -0.2) is 6.61 Å². The molecule has 1 atom stereocenters. The summed E-state index contributed by atoms with van der Waals surface area (Å²) < 4.78 is 33.7. The molecule has 0 saturated heterocycles. The topological polar surface area (TPSA) is 9.23 Å². The van der Waals surface area contributed by atoms with E-state index in [0.29, 0.717) is 12.2 Å². The van der Waals surface area contributed by atoms with Crippen LogP contribution in [0.5, 0.6) is 5.75 Å². The van der Waals surface area contributed by atoms with E-state index in [4.69, 9.17) is 4.74 Å². The molecule has 3 heteroatoms. The summed E-state index contributed by atoms with van der Waals surface area (Å²) in [4.78, 5) is 0. The number of hydrogen-bond acceptors (Lipinski definition) is 1. The van der Waals surface area contributed by atoms with Crippen molar-refractivity contribution in [2.75, 3.05) is 6.61 Å². The molecule has 1 unspecified atom stereocenters. The molecule has 26 heavy (non-hydrogen) atoms. The van der Waals surface area contributed by atoms with Crippen molar-refractivity contribution in [3.8, 4) is 5.75 Å². The quantitative estimate of drug-likeness (QED) is 0.522. The summed E-state index contributed by atoms with van der Waals surface area (Å²) in [6, 6.07) is 3.23. The average Bonchev–Trinajstić information content (AvgIpc) is 2.67. The fraction of sp³-hybridized carbons (Fsp3) is 0.652. The van der Waals surface area contributed by atoms with Crippen LogP contribution in [-0.2, 0) is 0 Å². The van der Waals surface area contributed by atoms with Gasteiger partial charge in [-0.15, -0.1) is 0 Å². The Labute approximate surface area is 156 Å². The first-order valence-electron chi connectivity index (χ1n) is 10.4. The van der Waals surface area contributed by atoms with Crippen molar-refractivity contribution < 1.29 is 13.5 Å². The molecule has 2 aliphatic rings. The minimum Gasteiger partial charge on any atom is -0.491 e. The van der Waals surface area contributed by atoms with Gasteiger partial charge in [0.15, 0.2) is 11.6 Å². The second kappa shape index (κ2) is 9.01. The Hall–Kier alpha value is -1.38. The Morgan fingerprint density at radius 2 is 1.73 bits per heavy atom. The van der Waals surface area contributed by atoms with E-state index in [1.165, 1.54) is 38.5 Å². The van der Waals surface area contributed by atoms with Crippen molar-refractivity contribution in [2.24, 2.45) is 17.8 Å². The average molecular weight is 363 g/mol. The standard InChI is InChI=1S/C23H32F2O/c1-3-5-16-6-8-17(9-7-16)18-10-12-19(13-11-18)20-14-15-21(26-4-2)23(25)22(20)24/h12,14-18H,3-11,13H2,1-2H3/t16-,17-,18?. The summed E-state index contributed by atoms with van der Waals surface area (Å²) in [5.41, 5.74) is 1.37. The molecule has 0 bridgehead atoms. The van der Waals surface area contributed by atoms with E-state index in [0.717, 1.165) is 42.6 Å². The maximum atomic E-state index is 14.4. The van der Waals surface area contributed by atoms with Crippen LogP contribution in [0.4, 0.5) is 8.78 Å². The minimum absolute atomic E-state index is 0.00637. The van der Waals surface area contributed by atoms with Gasteiger partial charge in [-0.05, 0) is 74.5 Å². The molecular weight excluding hydrogens is 330 g/mol.